The maximum atomic E-state index is 13.7. The molecule has 1 aromatic heterocycles. The van der Waals surface area contributed by atoms with E-state index in [4.69, 9.17) is 5.73 Å². The van der Waals surface area contributed by atoms with Crippen LogP contribution in [0.4, 0.5) is 10.1 Å². The lowest BCUT2D eigenvalue weighted by Crippen LogP contribution is -2.41. The fraction of sp³-hybridized carbons (Fsp3) is 0.316. The van der Waals surface area contributed by atoms with Gasteiger partial charge in [0.15, 0.2) is 0 Å². The van der Waals surface area contributed by atoms with Crippen LogP contribution in [0.25, 0.3) is 0 Å². The van der Waals surface area contributed by atoms with Crippen LogP contribution in [0.3, 0.4) is 0 Å². The summed E-state index contributed by atoms with van der Waals surface area (Å²) in [6.45, 7) is 0.789. The van der Waals surface area contributed by atoms with Gasteiger partial charge >= 0.3 is 0 Å². The number of amides is 3. The number of carbonyl (C=O) groups excluding carboxylic acids is 3. The molecule has 2 aliphatic rings. The van der Waals surface area contributed by atoms with Crippen LogP contribution in [0.2, 0.25) is 0 Å². The van der Waals surface area contributed by atoms with Gasteiger partial charge in [-0.05, 0) is 41.8 Å². The number of nitrogens with one attached hydrogen (secondary N) is 1. The smallest absolute Gasteiger partial charge is 0.265 e. The number of nitrogens with two attached hydrogens (primary N) is 1. The van der Waals surface area contributed by atoms with E-state index in [0.29, 0.717) is 36.5 Å². The molecule has 3 N–H and O–H groups in total. The Balaban J connectivity index is 1.64. The molecule has 0 aliphatic carbocycles. The molecule has 3 amide bonds. The van der Waals surface area contributed by atoms with Gasteiger partial charge in [-0.25, -0.2) is 4.39 Å². The number of aromatic nitrogens is 1. The summed E-state index contributed by atoms with van der Waals surface area (Å²) in [4.78, 5) is 38.4. The first-order chi connectivity index (χ1) is 12.8. The molecule has 0 bridgehead atoms. The molecule has 2 aromatic rings. The van der Waals surface area contributed by atoms with E-state index in [2.05, 4.69) is 5.32 Å². The third-order valence-electron chi connectivity index (χ3n) is 5.35. The zero-order chi connectivity index (χ0) is 19.3. The Morgan fingerprint density at radius 1 is 1.30 bits per heavy atom. The molecule has 27 heavy (non-hydrogen) atoms. The number of benzene rings is 1. The first-order valence-corrected chi connectivity index (χ1v) is 8.70. The van der Waals surface area contributed by atoms with E-state index in [-0.39, 0.29) is 18.2 Å². The third kappa shape index (κ3) is 2.87. The lowest BCUT2D eigenvalue weighted by atomic mass is 9.88. The number of primary amides is 1. The summed E-state index contributed by atoms with van der Waals surface area (Å²) in [5.74, 6) is -2.17. The van der Waals surface area contributed by atoms with Crippen molar-refractivity contribution in [1.82, 2.24) is 9.47 Å². The number of carbonyl (C=O) groups is 3. The largest absolute Gasteiger partial charge is 0.364 e. The summed E-state index contributed by atoms with van der Waals surface area (Å²) in [6, 6.07) is 5.81. The quantitative estimate of drug-likeness (QED) is 0.833. The molecule has 0 saturated carbocycles. The molecule has 8 heteroatoms. The Kier molecular flexibility index (Phi) is 3.98. The Hall–Kier alpha value is -3.16. The number of nitrogens with zero attached hydrogens (tertiary/aromatic N) is 2. The van der Waals surface area contributed by atoms with Crippen molar-refractivity contribution in [2.75, 3.05) is 11.9 Å². The Bertz CT molecular complexity index is 982. The average Bonchev–Trinajstić information content (AvgIpc) is 2.97. The minimum absolute atomic E-state index is 0.0156. The van der Waals surface area contributed by atoms with Crippen LogP contribution in [-0.2, 0) is 29.6 Å². The van der Waals surface area contributed by atoms with E-state index in [9.17, 15) is 18.8 Å². The molecule has 1 aromatic carbocycles. The van der Waals surface area contributed by atoms with E-state index in [1.165, 1.54) is 18.2 Å². The second kappa shape index (κ2) is 6.22. The molecule has 2 aliphatic heterocycles. The summed E-state index contributed by atoms with van der Waals surface area (Å²) >= 11 is 0. The third-order valence-corrected chi connectivity index (χ3v) is 5.35. The topological polar surface area (TPSA) is 97.4 Å². The van der Waals surface area contributed by atoms with Gasteiger partial charge in [-0.3, -0.25) is 14.4 Å². The zero-order valence-electron chi connectivity index (χ0n) is 14.8. The van der Waals surface area contributed by atoms with Gasteiger partial charge in [-0.15, -0.1) is 0 Å². The summed E-state index contributed by atoms with van der Waals surface area (Å²) in [5.41, 5.74) is 8.61. The van der Waals surface area contributed by atoms with Gasteiger partial charge < -0.3 is 20.5 Å². The van der Waals surface area contributed by atoms with E-state index in [0.717, 1.165) is 11.3 Å². The molecule has 0 radical (unpaired) electrons. The van der Waals surface area contributed by atoms with E-state index >= 15 is 0 Å². The molecule has 0 fully saturated rings. The number of anilines is 1. The van der Waals surface area contributed by atoms with Gasteiger partial charge in [0, 0.05) is 31.4 Å². The van der Waals surface area contributed by atoms with Crippen LogP contribution in [0.1, 0.15) is 39.6 Å². The van der Waals surface area contributed by atoms with Crippen LogP contribution in [0.15, 0.2) is 24.3 Å². The molecule has 1 atom stereocenters. The Labute approximate surface area is 154 Å². The summed E-state index contributed by atoms with van der Waals surface area (Å²) in [5, 5.41) is 2.68. The molecule has 0 saturated heterocycles. The fourth-order valence-electron chi connectivity index (χ4n) is 3.94. The number of hydrogen-bond acceptors (Lipinski definition) is 3. The van der Waals surface area contributed by atoms with Gasteiger partial charge in [-0.2, -0.15) is 0 Å². The van der Waals surface area contributed by atoms with Crippen molar-refractivity contribution in [3.05, 3.63) is 52.6 Å². The van der Waals surface area contributed by atoms with Crippen molar-refractivity contribution < 1.29 is 18.8 Å². The maximum absolute atomic E-state index is 13.7. The Morgan fingerprint density at radius 2 is 2.07 bits per heavy atom. The highest BCUT2D eigenvalue weighted by Gasteiger charge is 2.35. The monoisotopic (exact) mass is 370 g/mol. The highest BCUT2D eigenvalue weighted by atomic mass is 19.1. The van der Waals surface area contributed by atoms with Crippen molar-refractivity contribution in [2.24, 2.45) is 12.8 Å². The SMILES string of the molecule is Cn1c(C(N)=O)cc2c1CN(C(=O)C1CC(=O)Nc3ccc(F)cc31)CC2. The highest BCUT2D eigenvalue weighted by molar-refractivity contribution is 6.01. The van der Waals surface area contributed by atoms with Crippen molar-refractivity contribution in [3.63, 3.8) is 0 Å². The summed E-state index contributed by atoms with van der Waals surface area (Å²) in [6.07, 6.45) is 0.579. The van der Waals surface area contributed by atoms with Gasteiger partial charge in [0.05, 0.1) is 12.5 Å². The average molecular weight is 370 g/mol. The minimum Gasteiger partial charge on any atom is -0.364 e. The van der Waals surface area contributed by atoms with Crippen molar-refractivity contribution >= 4 is 23.4 Å². The minimum atomic E-state index is -0.720. The molecule has 4 rings (SSSR count). The van der Waals surface area contributed by atoms with Crippen LogP contribution in [0, 0.1) is 5.82 Å². The zero-order valence-corrected chi connectivity index (χ0v) is 14.8. The number of hydrogen-bond donors (Lipinski definition) is 2. The second-order valence-electron chi connectivity index (χ2n) is 6.97. The van der Waals surface area contributed by atoms with Crippen LogP contribution in [-0.4, -0.2) is 33.7 Å². The van der Waals surface area contributed by atoms with E-state index < -0.39 is 17.6 Å². The van der Waals surface area contributed by atoms with Crippen molar-refractivity contribution in [1.29, 1.82) is 0 Å². The normalized spacial score (nSPS) is 18.5. The van der Waals surface area contributed by atoms with Crippen LogP contribution in [0.5, 0.6) is 0 Å². The number of rotatable bonds is 2. The van der Waals surface area contributed by atoms with E-state index in [1.807, 2.05) is 0 Å². The van der Waals surface area contributed by atoms with Gasteiger partial charge in [0.1, 0.15) is 11.5 Å². The molecule has 140 valence electrons. The van der Waals surface area contributed by atoms with Crippen molar-refractivity contribution in [3.8, 4) is 0 Å². The summed E-state index contributed by atoms with van der Waals surface area (Å²) in [7, 11) is 1.74. The number of fused-ring (bicyclic) bond motifs is 2. The summed E-state index contributed by atoms with van der Waals surface area (Å²) < 4.78 is 15.4. The Morgan fingerprint density at radius 3 is 2.81 bits per heavy atom. The first kappa shape index (κ1) is 17.3. The molecule has 0 spiro atoms. The molecule has 7 nitrogen and oxygen atoms in total. The van der Waals surface area contributed by atoms with Crippen molar-refractivity contribution in [2.45, 2.75) is 25.3 Å². The number of halogens is 1. The standard InChI is InChI=1S/C19H19FN4O3/c1-23-15(18(21)26)6-10-4-5-24(9-16(10)23)19(27)13-8-17(25)22-14-3-2-11(20)7-12(13)14/h2-3,6-7,13H,4-5,8-9H2,1H3,(H2,21,26)(H,22,25). The van der Waals surface area contributed by atoms with Gasteiger partial charge in [0.2, 0.25) is 11.8 Å². The van der Waals surface area contributed by atoms with E-state index in [1.54, 1.807) is 22.6 Å². The van der Waals surface area contributed by atoms with Crippen LogP contribution < -0.4 is 11.1 Å². The maximum Gasteiger partial charge on any atom is 0.265 e. The molecule has 1 unspecified atom stereocenters. The lowest BCUT2D eigenvalue weighted by molar-refractivity contribution is -0.135. The predicted molar refractivity (Wildman–Crippen MR) is 95.4 cm³/mol. The fourth-order valence-corrected chi connectivity index (χ4v) is 3.94. The lowest BCUT2D eigenvalue weighted by Gasteiger charge is -2.33. The van der Waals surface area contributed by atoms with Crippen LogP contribution >= 0.6 is 0 Å². The second-order valence-corrected chi connectivity index (χ2v) is 6.97. The molecular formula is C19H19FN4O3. The predicted octanol–water partition coefficient (Wildman–Crippen LogP) is 1.27. The molecule has 3 heterocycles. The van der Waals surface area contributed by atoms with Gasteiger partial charge in [0.25, 0.3) is 5.91 Å². The first-order valence-electron chi connectivity index (χ1n) is 8.70. The molecular weight excluding hydrogens is 351 g/mol. The van der Waals surface area contributed by atoms with Gasteiger partial charge in [-0.1, -0.05) is 0 Å². The highest BCUT2D eigenvalue weighted by Crippen LogP contribution is 2.35.